The first-order valence-corrected chi connectivity index (χ1v) is 11.5. The van der Waals surface area contributed by atoms with Crippen LogP contribution >= 0.6 is 0 Å². The van der Waals surface area contributed by atoms with Gasteiger partial charge in [-0.2, -0.15) is 15.2 Å². The Balaban J connectivity index is 1.56. The molecule has 1 aliphatic heterocycles. The summed E-state index contributed by atoms with van der Waals surface area (Å²) in [5.74, 6) is 1.04. The fraction of sp³-hybridized carbons (Fsp3) is 0.435. The van der Waals surface area contributed by atoms with E-state index >= 15 is 0 Å². The van der Waals surface area contributed by atoms with Crippen molar-refractivity contribution in [3.05, 3.63) is 40.6 Å². The van der Waals surface area contributed by atoms with Gasteiger partial charge in [0, 0.05) is 25.3 Å². The van der Waals surface area contributed by atoms with E-state index in [-0.39, 0.29) is 11.7 Å². The summed E-state index contributed by atoms with van der Waals surface area (Å²) >= 11 is 0. The molecule has 2 N–H and O–H groups in total. The average molecular weight is 444 g/mol. The Kier molecular flexibility index (Phi) is 4.84. The monoisotopic (exact) mass is 444 g/mol. The molecule has 6 rings (SSSR count). The SMILES string of the molecule is N#Cc1ccc2ncn(-c3nc(NC4CCCC4)c4[nH]c(=O)n(C5CCOCC5)c4n3)c2c1. The van der Waals surface area contributed by atoms with Gasteiger partial charge < -0.3 is 15.0 Å². The van der Waals surface area contributed by atoms with E-state index in [1.807, 2.05) is 6.07 Å². The van der Waals surface area contributed by atoms with E-state index in [4.69, 9.17) is 14.7 Å². The summed E-state index contributed by atoms with van der Waals surface area (Å²) < 4.78 is 9.04. The number of ether oxygens (including phenoxy) is 1. The van der Waals surface area contributed by atoms with Gasteiger partial charge in [0.25, 0.3) is 0 Å². The molecule has 10 nitrogen and oxygen atoms in total. The molecule has 168 valence electrons. The van der Waals surface area contributed by atoms with E-state index in [0.29, 0.717) is 47.7 Å². The fourth-order valence-corrected chi connectivity index (χ4v) is 4.98. The van der Waals surface area contributed by atoms with Gasteiger partial charge in [0.2, 0.25) is 5.95 Å². The molecule has 0 spiro atoms. The highest BCUT2D eigenvalue weighted by Crippen LogP contribution is 2.29. The molecule has 2 fully saturated rings. The van der Waals surface area contributed by atoms with Crippen molar-refractivity contribution in [2.24, 2.45) is 0 Å². The number of hydrogen-bond acceptors (Lipinski definition) is 7. The number of aromatic nitrogens is 6. The van der Waals surface area contributed by atoms with Crippen LogP contribution in [0.4, 0.5) is 5.82 Å². The summed E-state index contributed by atoms with van der Waals surface area (Å²) in [5, 5.41) is 12.9. The zero-order chi connectivity index (χ0) is 22.4. The number of aromatic amines is 1. The first-order chi connectivity index (χ1) is 16.2. The number of anilines is 1. The van der Waals surface area contributed by atoms with Crippen LogP contribution in [-0.2, 0) is 4.74 Å². The lowest BCUT2D eigenvalue weighted by molar-refractivity contribution is 0.0697. The second-order valence-corrected chi connectivity index (χ2v) is 8.77. The Morgan fingerprint density at radius 1 is 1.15 bits per heavy atom. The van der Waals surface area contributed by atoms with Crippen LogP contribution in [0.3, 0.4) is 0 Å². The Hall–Kier alpha value is -3.71. The van der Waals surface area contributed by atoms with Crippen molar-refractivity contribution >= 4 is 28.0 Å². The van der Waals surface area contributed by atoms with Crippen molar-refractivity contribution in [2.45, 2.75) is 50.6 Å². The van der Waals surface area contributed by atoms with E-state index in [9.17, 15) is 10.1 Å². The van der Waals surface area contributed by atoms with E-state index in [1.54, 1.807) is 27.6 Å². The van der Waals surface area contributed by atoms with Crippen LogP contribution in [0.1, 0.15) is 50.1 Å². The molecule has 0 radical (unpaired) electrons. The fourth-order valence-electron chi connectivity index (χ4n) is 4.98. The molecule has 0 atom stereocenters. The third kappa shape index (κ3) is 3.45. The minimum atomic E-state index is -0.180. The number of benzene rings is 1. The maximum Gasteiger partial charge on any atom is 0.328 e. The van der Waals surface area contributed by atoms with Gasteiger partial charge in [-0.05, 0) is 43.9 Å². The Labute approximate surface area is 189 Å². The predicted octanol–water partition coefficient (Wildman–Crippen LogP) is 3.04. The number of H-pyrrole nitrogens is 1. The molecule has 3 aromatic heterocycles. The van der Waals surface area contributed by atoms with Crippen LogP contribution in [0.25, 0.3) is 28.1 Å². The van der Waals surface area contributed by atoms with E-state index in [2.05, 4.69) is 21.4 Å². The number of nitrogens with one attached hydrogen (secondary N) is 2. The molecule has 1 saturated carbocycles. The van der Waals surface area contributed by atoms with Gasteiger partial charge in [-0.25, -0.2) is 9.78 Å². The van der Waals surface area contributed by atoms with Gasteiger partial charge in [-0.3, -0.25) is 9.13 Å². The number of fused-ring (bicyclic) bond motifs is 2. The molecule has 10 heteroatoms. The lowest BCUT2D eigenvalue weighted by Gasteiger charge is -2.23. The lowest BCUT2D eigenvalue weighted by atomic mass is 10.1. The minimum absolute atomic E-state index is 0.0202. The van der Waals surface area contributed by atoms with Crippen LogP contribution < -0.4 is 11.0 Å². The molecular formula is C23H24N8O2. The number of rotatable bonds is 4. The van der Waals surface area contributed by atoms with Crippen LogP contribution in [0.5, 0.6) is 0 Å². The van der Waals surface area contributed by atoms with Gasteiger partial charge in [-0.15, -0.1) is 0 Å². The van der Waals surface area contributed by atoms with Crippen molar-refractivity contribution < 1.29 is 4.74 Å². The van der Waals surface area contributed by atoms with Gasteiger partial charge in [0.15, 0.2) is 11.5 Å². The quantitative estimate of drug-likeness (QED) is 0.495. The zero-order valence-electron chi connectivity index (χ0n) is 18.1. The molecule has 0 bridgehead atoms. The third-order valence-corrected chi connectivity index (χ3v) is 6.70. The predicted molar refractivity (Wildman–Crippen MR) is 122 cm³/mol. The van der Waals surface area contributed by atoms with Crippen molar-refractivity contribution in [1.29, 1.82) is 5.26 Å². The summed E-state index contributed by atoms with van der Waals surface area (Å²) in [5.41, 5.74) is 3.06. The Morgan fingerprint density at radius 3 is 2.76 bits per heavy atom. The summed E-state index contributed by atoms with van der Waals surface area (Å²) in [6.07, 6.45) is 7.70. The minimum Gasteiger partial charge on any atom is -0.381 e. The molecule has 1 aromatic carbocycles. The highest BCUT2D eigenvalue weighted by atomic mass is 16.5. The van der Waals surface area contributed by atoms with Crippen molar-refractivity contribution in [3.63, 3.8) is 0 Å². The van der Waals surface area contributed by atoms with E-state index in [1.165, 1.54) is 12.8 Å². The van der Waals surface area contributed by atoms with Crippen molar-refractivity contribution in [3.8, 4) is 12.0 Å². The van der Waals surface area contributed by atoms with Crippen LogP contribution in [-0.4, -0.2) is 48.3 Å². The van der Waals surface area contributed by atoms with Gasteiger partial charge in [0.05, 0.1) is 22.7 Å². The summed E-state index contributed by atoms with van der Waals surface area (Å²) in [4.78, 5) is 30.2. The molecule has 1 saturated heterocycles. The molecular weight excluding hydrogens is 420 g/mol. The van der Waals surface area contributed by atoms with Gasteiger partial charge in [-0.1, -0.05) is 12.8 Å². The maximum atomic E-state index is 13.0. The summed E-state index contributed by atoms with van der Waals surface area (Å²) in [7, 11) is 0. The zero-order valence-corrected chi connectivity index (χ0v) is 18.1. The van der Waals surface area contributed by atoms with Crippen LogP contribution in [0, 0.1) is 11.3 Å². The number of hydrogen-bond donors (Lipinski definition) is 2. The van der Waals surface area contributed by atoms with E-state index < -0.39 is 0 Å². The summed E-state index contributed by atoms with van der Waals surface area (Å²) in [6, 6.07) is 7.85. The maximum absolute atomic E-state index is 13.0. The topological polar surface area (TPSA) is 126 Å². The molecule has 0 unspecified atom stereocenters. The molecule has 2 aliphatic rings. The number of nitrogens with zero attached hydrogens (tertiary/aromatic N) is 6. The van der Waals surface area contributed by atoms with Gasteiger partial charge in [0.1, 0.15) is 11.8 Å². The molecule has 0 amide bonds. The first-order valence-electron chi connectivity index (χ1n) is 11.5. The Bertz CT molecular complexity index is 1430. The number of imidazole rings is 2. The largest absolute Gasteiger partial charge is 0.381 e. The van der Waals surface area contributed by atoms with Crippen LogP contribution in [0.15, 0.2) is 29.3 Å². The van der Waals surface area contributed by atoms with Crippen molar-refractivity contribution in [2.75, 3.05) is 18.5 Å². The molecule has 4 aromatic rings. The third-order valence-electron chi connectivity index (χ3n) is 6.70. The standard InChI is InChI=1S/C23H24N8O2/c24-12-14-5-6-17-18(11-14)30(13-25-17)22-28-20(26-15-3-1-2-4-15)19-21(29-22)31(23(32)27-19)16-7-9-33-10-8-16/h5-6,11,13,15-16H,1-4,7-10H2,(H,27,32)(H,26,28,29). The second-order valence-electron chi connectivity index (χ2n) is 8.77. The van der Waals surface area contributed by atoms with Crippen LogP contribution in [0.2, 0.25) is 0 Å². The normalized spacial score (nSPS) is 17.7. The highest BCUT2D eigenvalue weighted by molar-refractivity contribution is 5.85. The molecule has 33 heavy (non-hydrogen) atoms. The Morgan fingerprint density at radius 2 is 1.97 bits per heavy atom. The average Bonchev–Trinajstić information content (AvgIpc) is 3.57. The summed E-state index contributed by atoms with van der Waals surface area (Å²) in [6.45, 7) is 1.25. The van der Waals surface area contributed by atoms with Gasteiger partial charge >= 0.3 is 5.69 Å². The van der Waals surface area contributed by atoms with Crippen molar-refractivity contribution in [1.82, 2.24) is 29.1 Å². The highest BCUT2D eigenvalue weighted by Gasteiger charge is 2.25. The second kappa shape index (κ2) is 8.01. The smallest absolute Gasteiger partial charge is 0.328 e. The van der Waals surface area contributed by atoms with E-state index in [0.717, 1.165) is 36.7 Å². The number of nitriles is 1. The first kappa shape index (κ1) is 19.9. The lowest BCUT2D eigenvalue weighted by Crippen LogP contribution is -2.27. The molecule has 4 heterocycles. The molecule has 1 aliphatic carbocycles.